The summed E-state index contributed by atoms with van der Waals surface area (Å²) in [7, 11) is 0. The highest BCUT2D eigenvalue weighted by molar-refractivity contribution is 9.10. The Morgan fingerprint density at radius 3 is 2.93 bits per heavy atom. The summed E-state index contributed by atoms with van der Waals surface area (Å²) in [6, 6.07) is 2.52. The van der Waals surface area contributed by atoms with Gasteiger partial charge in [-0.15, -0.1) is 0 Å². The molecule has 0 atom stereocenters. The number of halogens is 2. The van der Waals surface area contributed by atoms with E-state index in [-0.39, 0.29) is 0 Å². The molecule has 15 heavy (non-hydrogen) atoms. The van der Waals surface area contributed by atoms with Gasteiger partial charge >= 0.3 is 0 Å². The summed E-state index contributed by atoms with van der Waals surface area (Å²) in [6.45, 7) is 0. The van der Waals surface area contributed by atoms with E-state index in [9.17, 15) is 0 Å². The molecule has 1 fully saturated rings. The first kappa shape index (κ1) is 11.6. The van der Waals surface area contributed by atoms with Crippen molar-refractivity contribution in [1.29, 1.82) is 0 Å². The molecule has 0 saturated carbocycles. The molecule has 0 amide bonds. The standard InChI is InChI=1S/C10H12BrClN2S/c11-7-5-9(10(12)13-6-7)14-8-1-3-15-4-2-8/h5-6,8,14H,1-4H2. The van der Waals surface area contributed by atoms with Crippen LogP contribution >= 0.6 is 39.3 Å². The molecule has 0 bridgehead atoms. The second-order valence-electron chi connectivity index (χ2n) is 3.52. The molecule has 0 aromatic carbocycles. The number of hydrogen-bond acceptors (Lipinski definition) is 3. The van der Waals surface area contributed by atoms with E-state index in [1.54, 1.807) is 6.20 Å². The lowest BCUT2D eigenvalue weighted by molar-refractivity contribution is 0.666. The van der Waals surface area contributed by atoms with E-state index in [1.807, 2.05) is 17.8 Å². The third kappa shape index (κ3) is 3.26. The second kappa shape index (κ2) is 5.41. The highest BCUT2D eigenvalue weighted by Crippen LogP contribution is 2.26. The largest absolute Gasteiger partial charge is 0.380 e. The van der Waals surface area contributed by atoms with Crippen molar-refractivity contribution in [2.75, 3.05) is 16.8 Å². The fourth-order valence-corrected chi connectivity index (χ4v) is 3.18. The van der Waals surface area contributed by atoms with E-state index in [1.165, 1.54) is 24.3 Å². The molecule has 0 radical (unpaired) electrons. The maximum atomic E-state index is 6.02. The first-order chi connectivity index (χ1) is 7.25. The predicted octanol–water partition coefficient (Wildman–Crippen LogP) is 3.81. The molecule has 1 saturated heterocycles. The lowest BCUT2D eigenvalue weighted by atomic mass is 10.1. The number of hydrogen-bond donors (Lipinski definition) is 1. The van der Waals surface area contributed by atoms with Gasteiger partial charge in [0, 0.05) is 16.7 Å². The molecule has 1 aromatic heterocycles. The van der Waals surface area contributed by atoms with Gasteiger partial charge in [0.05, 0.1) is 5.69 Å². The van der Waals surface area contributed by atoms with Crippen molar-refractivity contribution in [2.45, 2.75) is 18.9 Å². The van der Waals surface area contributed by atoms with Gasteiger partial charge in [0.15, 0.2) is 5.15 Å². The van der Waals surface area contributed by atoms with Gasteiger partial charge in [0.25, 0.3) is 0 Å². The zero-order chi connectivity index (χ0) is 10.7. The maximum Gasteiger partial charge on any atom is 0.152 e. The number of anilines is 1. The Labute approximate surface area is 107 Å². The molecule has 0 spiro atoms. The van der Waals surface area contributed by atoms with E-state index < -0.39 is 0 Å². The molecule has 0 unspecified atom stereocenters. The van der Waals surface area contributed by atoms with E-state index in [4.69, 9.17) is 11.6 Å². The minimum absolute atomic E-state index is 0.542. The maximum absolute atomic E-state index is 6.02. The first-order valence-corrected chi connectivity index (χ1v) is 7.23. The summed E-state index contributed by atoms with van der Waals surface area (Å²) in [6.07, 6.45) is 4.12. The van der Waals surface area contributed by atoms with Crippen LogP contribution in [0.4, 0.5) is 5.69 Å². The Balaban J connectivity index is 2.05. The van der Waals surface area contributed by atoms with Gasteiger partial charge in [0.2, 0.25) is 0 Å². The van der Waals surface area contributed by atoms with Crippen molar-refractivity contribution in [1.82, 2.24) is 4.98 Å². The van der Waals surface area contributed by atoms with Crippen LogP contribution in [0.2, 0.25) is 5.15 Å². The molecule has 1 aliphatic rings. The van der Waals surface area contributed by atoms with Gasteiger partial charge in [-0.2, -0.15) is 11.8 Å². The van der Waals surface area contributed by atoms with E-state index in [2.05, 4.69) is 26.2 Å². The SMILES string of the molecule is Clc1ncc(Br)cc1NC1CCSCC1. The van der Waals surface area contributed by atoms with Gasteiger partial charge < -0.3 is 5.32 Å². The summed E-state index contributed by atoms with van der Waals surface area (Å²) in [4.78, 5) is 4.10. The number of nitrogens with one attached hydrogen (secondary N) is 1. The monoisotopic (exact) mass is 306 g/mol. The molecule has 2 heterocycles. The Bertz CT molecular complexity index is 342. The molecule has 82 valence electrons. The molecule has 5 heteroatoms. The summed E-state index contributed by atoms with van der Waals surface area (Å²) >= 11 is 11.4. The van der Waals surface area contributed by atoms with Gasteiger partial charge in [0.1, 0.15) is 0 Å². The summed E-state index contributed by atoms with van der Waals surface area (Å²) in [5, 5.41) is 4.00. The fourth-order valence-electron chi connectivity index (χ4n) is 1.59. The smallest absolute Gasteiger partial charge is 0.152 e. The highest BCUT2D eigenvalue weighted by atomic mass is 79.9. The Hall–Kier alpha value is 0.0700. The van der Waals surface area contributed by atoms with Crippen LogP contribution in [-0.4, -0.2) is 22.5 Å². The summed E-state index contributed by atoms with van der Waals surface area (Å²) in [5.41, 5.74) is 0.933. The van der Waals surface area contributed by atoms with Gasteiger partial charge in [-0.25, -0.2) is 4.98 Å². The van der Waals surface area contributed by atoms with E-state index in [0.717, 1.165) is 10.2 Å². The number of aromatic nitrogens is 1. The van der Waals surface area contributed by atoms with E-state index in [0.29, 0.717) is 11.2 Å². The molecular formula is C10H12BrClN2S. The van der Waals surface area contributed by atoms with Crippen LogP contribution in [0.15, 0.2) is 16.7 Å². The first-order valence-electron chi connectivity index (χ1n) is 4.91. The van der Waals surface area contributed by atoms with Crippen LogP contribution < -0.4 is 5.32 Å². The molecular weight excluding hydrogens is 296 g/mol. The van der Waals surface area contributed by atoms with Crippen molar-refractivity contribution >= 4 is 45.0 Å². The third-order valence-electron chi connectivity index (χ3n) is 2.39. The van der Waals surface area contributed by atoms with Crippen molar-refractivity contribution in [3.63, 3.8) is 0 Å². The summed E-state index contributed by atoms with van der Waals surface area (Å²) < 4.78 is 0.958. The van der Waals surface area contributed by atoms with Gasteiger partial charge in [-0.05, 0) is 46.3 Å². The Morgan fingerprint density at radius 2 is 2.20 bits per heavy atom. The zero-order valence-corrected chi connectivity index (χ0v) is 11.3. The van der Waals surface area contributed by atoms with Gasteiger partial charge in [-0.1, -0.05) is 11.6 Å². The molecule has 1 N–H and O–H groups in total. The predicted molar refractivity (Wildman–Crippen MR) is 70.9 cm³/mol. The second-order valence-corrected chi connectivity index (χ2v) is 6.02. The molecule has 1 aliphatic heterocycles. The van der Waals surface area contributed by atoms with Crippen molar-refractivity contribution < 1.29 is 0 Å². The Kier molecular flexibility index (Phi) is 4.17. The van der Waals surface area contributed by atoms with Gasteiger partial charge in [-0.3, -0.25) is 0 Å². The van der Waals surface area contributed by atoms with Crippen molar-refractivity contribution in [2.24, 2.45) is 0 Å². The van der Waals surface area contributed by atoms with Crippen LogP contribution in [0.3, 0.4) is 0 Å². The summed E-state index contributed by atoms with van der Waals surface area (Å²) in [5.74, 6) is 2.47. The number of nitrogens with zero attached hydrogens (tertiary/aromatic N) is 1. The number of thioether (sulfide) groups is 1. The molecule has 1 aromatic rings. The highest BCUT2D eigenvalue weighted by Gasteiger charge is 2.14. The lowest BCUT2D eigenvalue weighted by Gasteiger charge is -2.23. The number of rotatable bonds is 2. The minimum Gasteiger partial charge on any atom is -0.380 e. The molecule has 2 rings (SSSR count). The van der Waals surface area contributed by atoms with Crippen molar-refractivity contribution in [3.8, 4) is 0 Å². The molecule has 2 nitrogen and oxygen atoms in total. The van der Waals surface area contributed by atoms with Crippen LogP contribution in [-0.2, 0) is 0 Å². The minimum atomic E-state index is 0.542. The number of pyridine rings is 1. The fraction of sp³-hybridized carbons (Fsp3) is 0.500. The molecule has 0 aliphatic carbocycles. The van der Waals surface area contributed by atoms with Crippen LogP contribution in [0, 0.1) is 0 Å². The van der Waals surface area contributed by atoms with Crippen molar-refractivity contribution in [3.05, 3.63) is 21.9 Å². The quantitative estimate of drug-likeness (QED) is 0.841. The topological polar surface area (TPSA) is 24.9 Å². The average molecular weight is 308 g/mol. The van der Waals surface area contributed by atoms with E-state index >= 15 is 0 Å². The van der Waals surface area contributed by atoms with Crippen LogP contribution in [0.25, 0.3) is 0 Å². The lowest BCUT2D eigenvalue weighted by Crippen LogP contribution is -2.24. The average Bonchev–Trinajstić information content (AvgIpc) is 2.25. The van der Waals surface area contributed by atoms with Crippen LogP contribution in [0.5, 0.6) is 0 Å². The van der Waals surface area contributed by atoms with Crippen LogP contribution in [0.1, 0.15) is 12.8 Å². The third-order valence-corrected chi connectivity index (χ3v) is 4.17. The zero-order valence-electron chi connectivity index (χ0n) is 8.17. The normalized spacial score (nSPS) is 17.7. The Morgan fingerprint density at radius 1 is 1.47 bits per heavy atom.